The lowest BCUT2D eigenvalue weighted by Crippen LogP contribution is -2.15. The van der Waals surface area contributed by atoms with Gasteiger partial charge in [0.05, 0.1) is 17.0 Å². The van der Waals surface area contributed by atoms with Crippen LogP contribution in [0.5, 0.6) is 0 Å². The number of rotatable bonds is 4. The molecule has 0 aliphatic carbocycles. The van der Waals surface area contributed by atoms with E-state index in [0.717, 1.165) is 0 Å². The summed E-state index contributed by atoms with van der Waals surface area (Å²) in [4.78, 5) is 18.4. The van der Waals surface area contributed by atoms with E-state index in [1.165, 1.54) is 45.8 Å². The third kappa shape index (κ3) is 2.99. The van der Waals surface area contributed by atoms with Gasteiger partial charge in [0.2, 0.25) is 5.16 Å². The number of nitrogens with zero attached hydrogens (tertiary/aromatic N) is 5. The van der Waals surface area contributed by atoms with Crippen molar-refractivity contribution in [2.45, 2.75) is 17.8 Å². The van der Waals surface area contributed by atoms with E-state index in [4.69, 9.17) is 0 Å². The molecular weight excluding hydrogens is 382 g/mol. The molecule has 0 amide bonds. The van der Waals surface area contributed by atoms with Gasteiger partial charge in [-0.25, -0.2) is 13.8 Å². The molecule has 0 spiro atoms. The van der Waals surface area contributed by atoms with Crippen molar-refractivity contribution < 1.29 is 8.78 Å². The number of nitrogens with one attached hydrogen (secondary N) is 1. The summed E-state index contributed by atoms with van der Waals surface area (Å²) < 4.78 is 29.2. The number of thioether (sulfide) groups is 1. The molecule has 0 atom stereocenters. The molecule has 0 bridgehead atoms. The highest BCUT2D eigenvalue weighted by Gasteiger charge is 2.15. The number of halogens is 2. The van der Waals surface area contributed by atoms with Gasteiger partial charge in [0.1, 0.15) is 22.3 Å². The highest BCUT2D eigenvalue weighted by atomic mass is 32.2. The third-order valence-electron chi connectivity index (χ3n) is 3.51. The molecule has 0 radical (unpaired) electrons. The average Bonchev–Trinajstić information content (AvgIpc) is 3.21. The van der Waals surface area contributed by atoms with Gasteiger partial charge in [0.25, 0.3) is 11.3 Å². The van der Waals surface area contributed by atoms with Gasteiger partial charge in [-0.2, -0.15) is 9.61 Å². The maximum atomic E-state index is 13.9. The van der Waals surface area contributed by atoms with Crippen LogP contribution in [0.25, 0.3) is 17.0 Å². The zero-order valence-corrected chi connectivity index (χ0v) is 14.9. The fraction of sp³-hybridized carbons (Fsp3) is 0.133. The van der Waals surface area contributed by atoms with Crippen LogP contribution in [0.3, 0.4) is 0 Å². The largest absolute Gasteiger partial charge is 0.288 e. The van der Waals surface area contributed by atoms with Crippen LogP contribution in [0.15, 0.2) is 33.5 Å². The first kappa shape index (κ1) is 16.8. The SMILES string of the molecule is Cc1nn2c(SCc3nc(-c4c(F)cccc4F)cs3)nnc2[nH]c1=O. The summed E-state index contributed by atoms with van der Waals surface area (Å²) in [5.74, 6) is -0.638. The fourth-order valence-corrected chi connectivity index (χ4v) is 3.96. The van der Waals surface area contributed by atoms with E-state index in [9.17, 15) is 13.6 Å². The molecule has 26 heavy (non-hydrogen) atoms. The molecule has 0 aliphatic heterocycles. The van der Waals surface area contributed by atoms with Crippen molar-refractivity contribution in [1.29, 1.82) is 0 Å². The number of thiazole rings is 1. The Bertz CT molecular complexity index is 1150. The number of hydrogen-bond acceptors (Lipinski definition) is 7. The Balaban J connectivity index is 1.57. The number of hydrogen-bond donors (Lipinski definition) is 1. The van der Waals surface area contributed by atoms with E-state index < -0.39 is 11.6 Å². The normalized spacial score (nSPS) is 11.3. The molecular formula is C15H10F2N6OS2. The van der Waals surface area contributed by atoms with Crippen LogP contribution in [-0.2, 0) is 5.75 Å². The predicted molar refractivity (Wildman–Crippen MR) is 93.2 cm³/mol. The minimum Gasteiger partial charge on any atom is -0.288 e. The molecule has 4 aromatic rings. The Hall–Kier alpha value is -2.66. The van der Waals surface area contributed by atoms with Gasteiger partial charge in [-0.3, -0.25) is 9.78 Å². The molecule has 1 N–H and O–H groups in total. The summed E-state index contributed by atoms with van der Waals surface area (Å²) in [6.45, 7) is 1.59. The van der Waals surface area contributed by atoms with E-state index in [1.807, 2.05) is 0 Å². The van der Waals surface area contributed by atoms with Gasteiger partial charge in [0.15, 0.2) is 0 Å². The van der Waals surface area contributed by atoms with Gasteiger partial charge >= 0.3 is 0 Å². The Labute approximate surface area is 153 Å². The molecule has 3 heterocycles. The molecule has 7 nitrogen and oxygen atoms in total. The quantitative estimate of drug-likeness (QED) is 0.537. The zero-order valence-electron chi connectivity index (χ0n) is 13.2. The molecule has 4 rings (SSSR count). The summed E-state index contributed by atoms with van der Waals surface area (Å²) in [6, 6.07) is 3.71. The Kier molecular flexibility index (Phi) is 4.24. The molecule has 0 aliphatic rings. The van der Waals surface area contributed by atoms with Crippen molar-refractivity contribution in [3.63, 3.8) is 0 Å². The fourth-order valence-electron chi connectivity index (χ4n) is 2.27. The highest BCUT2D eigenvalue weighted by Crippen LogP contribution is 2.29. The smallest absolute Gasteiger partial charge is 0.273 e. The van der Waals surface area contributed by atoms with Crippen molar-refractivity contribution in [2.24, 2.45) is 0 Å². The van der Waals surface area contributed by atoms with Crippen LogP contribution >= 0.6 is 23.1 Å². The second-order valence-corrected chi connectivity index (χ2v) is 7.15. The lowest BCUT2D eigenvalue weighted by Gasteiger charge is -2.00. The van der Waals surface area contributed by atoms with Crippen LogP contribution in [0.2, 0.25) is 0 Å². The van der Waals surface area contributed by atoms with Crippen molar-refractivity contribution in [3.8, 4) is 11.3 Å². The number of benzene rings is 1. The van der Waals surface area contributed by atoms with Crippen molar-refractivity contribution in [2.75, 3.05) is 0 Å². The molecule has 0 unspecified atom stereocenters. The first-order chi connectivity index (χ1) is 12.5. The Morgan fingerprint density at radius 2 is 2.04 bits per heavy atom. The summed E-state index contributed by atoms with van der Waals surface area (Å²) in [7, 11) is 0. The first-order valence-electron chi connectivity index (χ1n) is 7.37. The van der Waals surface area contributed by atoms with Gasteiger partial charge in [-0.15, -0.1) is 21.5 Å². The lowest BCUT2D eigenvalue weighted by atomic mass is 10.1. The maximum Gasteiger partial charge on any atom is 0.273 e. The van der Waals surface area contributed by atoms with Gasteiger partial charge in [0, 0.05) is 5.38 Å². The minimum absolute atomic E-state index is 0.136. The topological polar surface area (TPSA) is 88.8 Å². The number of aryl methyl sites for hydroxylation is 1. The van der Waals surface area contributed by atoms with Crippen LogP contribution in [0.1, 0.15) is 10.7 Å². The van der Waals surface area contributed by atoms with Crippen molar-refractivity contribution in [1.82, 2.24) is 29.8 Å². The number of fused-ring (bicyclic) bond motifs is 1. The Morgan fingerprint density at radius 1 is 1.27 bits per heavy atom. The number of aromatic amines is 1. The molecule has 3 aromatic heterocycles. The van der Waals surface area contributed by atoms with Crippen LogP contribution in [0.4, 0.5) is 8.78 Å². The van der Waals surface area contributed by atoms with E-state index in [0.29, 0.717) is 21.6 Å². The summed E-state index contributed by atoms with van der Waals surface area (Å²) in [5.41, 5.74) is 0.0945. The average molecular weight is 392 g/mol. The van der Waals surface area contributed by atoms with Gasteiger partial charge < -0.3 is 0 Å². The Morgan fingerprint density at radius 3 is 2.81 bits per heavy atom. The van der Waals surface area contributed by atoms with Crippen LogP contribution in [-0.4, -0.2) is 29.8 Å². The lowest BCUT2D eigenvalue weighted by molar-refractivity contribution is 0.589. The highest BCUT2D eigenvalue weighted by molar-refractivity contribution is 7.98. The molecule has 11 heteroatoms. The van der Waals surface area contributed by atoms with Gasteiger partial charge in [-0.05, 0) is 19.1 Å². The second-order valence-electron chi connectivity index (χ2n) is 5.27. The summed E-state index contributed by atoms with van der Waals surface area (Å²) in [6.07, 6.45) is 0. The second kappa shape index (κ2) is 6.57. The monoisotopic (exact) mass is 392 g/mol. The van der Waals surface area contributed by atoms with E-state index in [-0.39, 0.29) is 22.6 Å². The minimum atomic E-state index is -0.651. The number of aromatic nitrogens is 6. The molecule has 0 saturated heterocycles. The molecule has 0 fully saturated rings. The predicted octanol–water partition coefficient (Wildman–Crippen LogP) is 2.82. The zero-order chi connectivity index (χ0) is 18.3. The standard InChI is InChI=1S/C15H10F2N6OS2/c1-7-13(24)19-14-20-21-15(23(14)22-7)26-6-11-18-10(5-25-11)12-8(16)3-2-4-9(12)17/h2-5H,6H2,1H3,(H,19,20,24). The van der Waals surface area contributed by atoms with Gasteiger partial charge in [-0.1, -0.05) is 17.8 Å². The van der Waals surface area contributed by atoms with E-state index in [1.54, 1.807) is 12.3 Å². The van der Waals surface area contributed by atoms with E-state index >= 15 is 0 Å². The van der Waals surface area contributed by atoms with Crippen LogP contribution in [0, 0.1) is 18.6 Å². The third-order valence-corrected chi connectivity index (χ3v) is 5.47. The summed E-state index contributed by atoms with van der Waals surface area (Å²) >= 11 is 2.60. The molecule has 132 valence electrons. The number of H-pyrrole nitrogens is 1. The molecule has 0 saturated carbocycles. The maximum absolute atomic E-state index is 13.9. The van der Waals surface area contributed by atoms with E-state index in [2.05, 4.69) is 25.3 Å². The van der Waals surface area contributed by atoms with Crippen molar-refractivity contribution >= 4 is 28.9 Å². The van der Waals surface area contributed by atoms with Crippen LogP contribution < -0.4 is 5.56 Å². The summed E-state index contributed by atoms with van der Waals surface area (Å²) in [5, 5.41) is 14.7. The first-order valence-corrected chi connectivity index (χ1v) is 9.23. The molecule has 1 aromatic carbocycles. The van der Waals surface area contributed by atoms with Crippen molar-refractivity contribution in [3.05, 3.63) is 56.3 Å².